The van der Waals surface area contributed by atoms with Crippen molar-refractivity contribution < 1.29 is 23.5 Å². The second kappa shape index (κ2) is 6.93. The monoisotopic (exact) mass is 302 g/mol. The Balaban J connectivity index is 2.06. The third-order valence-electron chi connectivity index (χ3n) is 3.33. The third kappa shape index (κ3) is 3.55. The predicted molar refractivity (Wildman–Crippen MR) is 80.3 cm³/mol. The van der Waals surface area contributed by atoms with E-state index in [1.54, 1.807) is 50.2 Å². The van der Waals surface area contributed by atoms with Crippen LogP contribution >= 0.6 is 0 Å². The molecule has 0 fully saturated rings. The molecule has 0 aliphatic heterocycles. The van der Waals surface area contributed by atoms with Crippen LogP contribution in [0.25, 0.3) is 0 Å². The van der Waals surface area contributed by atoms with Gasteiger partial charge in [0.15, 0.2) is 11.5 Å². The number of hydrogen-bond acceptors (Lipinski definition) is 5. The summed E-state index contributed by atoms with van der Waals surface area (Å²) in [4.78, 5) is 23.0. The van der Waals surface area contributed by atoms with Crippen molar-refractivity contribution >= 4 is 11.8 Å². The van der Waals surface area contributed by atoms with Crippen LogP contribution in [0.3, 0.4) is 0 Å². The van der Waals surface area contributed by atoms with Crippen LogP contribution in [0, 0.1) is 0 Å². The highest BCUT2D eigenvalue weighted by molar-refractivity contribution is 5.93. The van der Waals surface area contributed by atoms with Crippen LogP contribution in [-0.4, -0.2) is 18.9 Å². The number of carbonyl (C=O) groups excluding carboxylic acids is 2. The Morgan fingerprint density at radius 3 is 2.41 bits per heavy atom. The summed E-state index contributed by atoms with van der Waals surface area (Å²) in [6.45, 7) is 3.55. The average Bonchev–Trinajstić information content (AvgIpc) is 3.01. The number of Topliss-reactive ketones (excluding diaryl/α,β-unsaturated/α-hetero) is 1. The van der Waals surface area contributed by atoms with E-state index in [9.17, 15) is 9.59 Å². The molecule has 0 saturated heterocycles. The molecule has 0 radical (unpaired) electrons. The van der Waals surface area contributed by atoms with E-state index in [1.807, 2.05) is 0 Å². The molecule has 0 spiro atoms. The lowest BCUT2D eigenvalue weighted by Crippen LogP contribution is -2.10. The number of esters is 1. The Bertz CT molecular complexity index is 654. The molecule has 116 valence electrons. The summed E-state index contributed by atoms with van der Waals surface area (Å²) in [6, 6.07) is 10.2. The molecule has 2 aromatic rings. The highest BCUT2D eigenvalue weighted by Crippen LogP contribution is 2.26. The largest absolute Gasteiger partial charge is 0.469 e. The zero-order chi connectivity index (χ0) is 16.1. The zero-order valence-corrected chi connectivity index (χ0v) is 12.8. The molecule has 5 nitrogen and oxygen atoms in total. The number of methoxy groups -OCH3 is 1. The second-order valence-corrected chi connectivity index (χ2v) is 4.81. The summed E-state index contributed by atoms with van der Waals surface area (Å²) >= 11 is 0. The van der Waals surface area contributed by atoms with Gasteiger partial charge in [0.25, 0.3) is 5.95 Å². The first-order valence-electron chi connectivity index (χ1n) is 7.03. The van der Waals surface area contributed by atoms with Gasteiger partial charge >= 0.3 is 5.97 Å². The average molecular weight is 302 g/mol. The van der Waals surface area contributed by atoms with Gasteiger partial charge < -0.3 is 13.9 Å². The van der Waals surface area contributed by atoms with Gasteiger partial charge in [-0.1, -0.05) is 19.1 Å². The van der Waals surface area contributed by atoms with Gasteiger partial charge in [0, 0.05) is 12.5 Å². The van der Waals surface area contributed by atoms with E-state index in [1.165, 1.54) is 7.11 Å². The molecular formula is C17H18O5. The fourth-order valence-corrected chi connectivity index (χ4v) is 1.95. The van der Waals surface area contributed by atoms with Gasteiger partial charge in [0.05, 0.1) is 13.0 Å². The maximum Gasteiger partial charge on any atom is 0.312 e. The van der Waals surface area contributed by atoms with Crippen molar-refractivity contribution in [2.45, 2.75) is 26.2 Å². The summed E-state index contributed by atoms with van der Waals surface area (Å²) in [5.41, 5.74) is 0.834. The van der Waals surface area contributed by atoms with Crippen molar-refractivity contribution in [3.8, 4) is 11.7 Å². The molecule has 0 saturated carbocycles. The van der Waals surface area contributed by atoms with E-state index in [0.29, 0.717) is 12.2 Å². The number of benzene rings is 1. The molecule has 0 aliphatic rings. The van der Waals surface area contributed by atoms with Crippen LogP contribution in [0.5, 0.6) is 11.7 Å². The van der Waals surface area contributed by atoms with Gasteiger partial charge in [0.2, 0.25) is 0 Å². The molecular weight excluding hydrogens is 284 g/mol. The Labute approximate surface area is 128 Å². The number of ether oxygens (including phenoxy) is 2. The van der Waals surface area contributed by atoms with Crippen LogP contribution in [0.4, 0.5) is 0 Å². The maximum atomic E-state index is 11.5. The molecule has 1 aromatic carbocycles. The molecule has 5 heteroatoms. The Morgan fingerprint density at radius 1 is 1.14 bits per heavy atom. The van der Waals surface area contributed by atoms with Crippen molar-refractivity contribution in [2.24, 2.45) is 0 Å². The standard InChI is InChI=1S/C17H18O5/c1-4-14(18)15-9-10-16(22-15)21-13-7-5-12(6-8-13)11(2)17(19)20-3/h5-11H,4H2,1-3H3. The molecule has 2 rings (SSSR count). The third-order valence-corrected chi connectivity index (χ3v) is 3.33. The van der Waals surface area contributed by atoms with Gasteiger partial charge in [-0.3, -0.25) is 9.59 Å². The highest BCUT2D eigenvalue weighted by Gasteiger charge is 2.15. The van der Waals surface area contributed by atoms with Crippen molar-refractivity contribution in [1.82, 2.24) is 0 Å². The molecule has 1 heterocycles. The summed E-state index contributed by atoms with van der Waals surface area (Å²) in [6.07, 6.45) is 0.382. The van der Waals surface area contributed by atoms with Crippen molar-refractivity contribution in [2.75, 3.05) is 7.11 Å². The fraction of sp³-hybridized carbons (Fsp3) is 0.294. The molecule has 22 heavy (non-hydrogen) atoms. The lowest BCUT2D eigenvalue weighted by atomic mass is 10.0. The van der Waals surface area contributed by atoms with E-state index in [4.69, 9.17) is 13.9 Å². The minimum atomic E-state index is -0.337. The molecule has 1 atom stereocenters. The smallest absolute Gasteiger partial charge is 0.312 e. The van der Waals surface area contributed by atoms with Crippen molar-refractivity contribution in [1.29, 1.82) is 0 Å². The minimum absolute atomic E-state index is 0.0721. The van der Waals surface area contributed by atoms with Gasteiger partial charge in [-0.2, -0.15) is 0 Å². The van der Waals surface area contributed by atoms with Gasteiger partial charge in [-0.25, -0.2) is 0 Å². The number of furan rings is 1. The molecule has 0 bridgehead atoms. The highest BCUT2D eigenvalue weighted by atomic mass is 16.6. The minimum Gasteiger partial charge on any atom is -0.469 e. The Hall–Kier alpha value is -2.56. The van der Waals surface area contributed by atoms with Crippen molar-refractivity contribution in [3.05, 3.63) is 47.7 Å². The zero-order valence-electron chi connectivity index (χ0n) is 12.8. The normalized spacial score (nSPS) is 11.8. The number of carbonyl (C=O) groups is 2. The van der Waals surface area contributed by atoms with Gasteiger partial charge in [-0.15, -0.1) is 0 Å². The summed E-state index contributed by atoms with van der Waals surface area (Å²) < 4.78 is 15.6. The SMILES string of the molecule is CCC(=O)c1ccc(Oc2ccc(C(C)C(=O)OC)cc2)o1. The first-order valence-corrected chi connectivity index (χ1v) is 7.03. The van der Waals surface area contributed by atoms with E-state index < -0.39 is 0 Å². The molecule has 0 aliphatic carbocycles. The van der Waals surface area contributed by atoms with Crippen molar-refractivity contribution in [3.63, 3.8) is 0 Å². The molecule has 1 aromatic heterocycles. The summed E-state index contributed by atoms with van der Waals surface area (Å²) in [5.74, 6) is 0.403. The predicted octanol–water partition coefficient (Wildman–Crippen LogP) is 3.94. The number of rotatable bonds is 6. The fourth-order valence-electron chi connectivity index (χ4n) is 1.95. The number of hydrogen-bond donors (Lipinski definition) is 0. The Morgan fingerprint density at radius 2 is 1.82 bits per heavy atom. The first-order chi connectivity index (χ1) is 10.5. The van der Waals surface area contributed by atoms with Crippen LogP contribution in [0.2, 0.25) is 0 Å². The van der Waals surface area contributed by atoms with Crippen LogP contribution in [-0.2, 0) is 9.53 Å². The van der Waals surface area contributed by atoms with Gasteiger partial charge in [0.1, 0.15) is 5.75 Å². The molecule has 1 unspecified atom stereocenters. The van der Waals surface area contributed by atoms with E-state index in [-0.39, 0.29) is 29.4 Å². The second-order valence-electron chi connectivity index (χ2n) is 4.81. The lowest BCUT2D eigenvalue weighted by Gasteiger charge is -2.10. The van der Waals surface area contributed by atoms with E-state index in [0.717, 1.165) is 5.56 Å². The number of ketones is 1. The van der Waals surface area contributed by atoms with Gasteiger partial charge in [-0.05, 0) is 30.7 Å². The topological polar surface area (TPSA) is 65.7 Å². The maximum absolute atomic E-state index is 11.5. The summed E-state index contributed by atoms with van der Waals surface area (Å²) in [5, 5.41) is 0. The lowest BCUT2D eigenvalue weighted by molar-refractivity contribution is -0.141. The first kappa shape index (κ1) is 15.8. The molecule has 0 amide bonds. The molecule has 0 N–H and O–H groups in total. The van der Waals surface area contributed by atoms with Crippen LogP contribution in [0.1, 0.15) is 42.3 Å². The summed E-state index contributed by atoms with van der Waals surface area (Å²) in [7, 11) is 1.36. The van der Waals surface area contributed by atoms with E-state index >= 15 is 0 Å². The van der Waals surface area contributed by atoms with E-state index in [2.05, 4.69) is 0 Å². The quantitative estimate of drug-likeness (QED) is 0.597. The van der Waals surface area contributed by atoms with Crippen LogP contribution < -0.4 is 4.74 Å². The van der Waals surface area contributed by atoms with Crippen LogP contribution in [0.15, 0.2) is 40.8 Å². The Kier molecular flexibility index (Phi) is 4.99.